The van der Waals surface area contributed by atoms with Gasteiger partial charge in [-0.3, -0.25) is 4.79 Å². The van der Waals surface area contributed by atoms with Crippen LogP contribution in [0.15, 0.2) is 22.7 Å². The molecule has 1 fully saturated rings. The number of carbonyl (C=O) groups is 1. The summed E-state index contributed by atoms with van der Waals surface area (Å²) in [5, 5.41) is 0.184. The van der Waals surface area contributed by atoms with E-state index in [0.29, 0.717) is 5.78 Å². The van der Waals surface area contributed by atoms with E-state index in [1.54, 1.807) is 0 Å². The summed E-state index contributed by atoms with van der Waals surface area (Å²) < 4.78 is 1.03. The molecule has 1 heterocycles. The molecule has 1 aromatic carbocycles. The predicted molar refractivity (Wildman–Crippen MR) is 73.3 cm³/mol. The molecule has 1 aliphatic heterocycles. The molecule has 2 rings (SSSR count). The van der Waals surface area contributed by atoms with Crippen molar-refractivity contribution < 1.29 is 4.79 Å². The Labute approximate surface area is 109 Å². The summed E-state index contributed by atoms with van der Waals surface area (Å²) in [6.07, 6.45) is 3.48. The molecule has 1 atom stereocenters. The molecule has 0 spiro atoms. The van der Waals surface area contributed by atoms with Crippen molar-refractivity contribution in [1.29, 1.82) is 0 Å². The van der Waals surface area contributed by atoms with Gasteiger partial charge >= 0.3 is 0 Å². The normalized spacial score (nSPS) is 20.8. The zero-order chi connectivity index (χ0) is 11.5. The van der Waals surface area contributed by atoms with E-state index in [9.17, 15) is 4.79 Å². The highest BCUT2D eigenvalue weighted by atomic mass is 79.9. The highest BCUT2D eigenvalue weighted by Crippen LogP contribution is 2.29. The third-order valence-corrected chi connectivity index (χ3v) is 5.16. The number of thioether (sulfide) groups is 1. The Morgan fingerprint density at radius 1 is 1.44 bits per heavy atom. The van der Waals surface area contributed by atoms with E-state index in [2.05, 4.69) is 15.9 Å². The highest BCUT2D eigenvalue weighted by molar-refractivity contribution is 9.10. The van der Waals surface area contributed by atoms with E-state index in [1.807, 2.05) is 36.9 Å². The van der Waals surface area contributed by atoms with Crippen LogP contribution in [-0.2, 0) is 0 Å². The van der Waals surface area contributed by atoms with E-state index < -0.39 is 0 Å². The number of rotatable bonds is 2. The Kier molecular flexibility index (Phi) is 4.09. The van der Waals surface area contributed by atoms with Gasteiger partial charge in [0.05, 0.1) is 5.25 Å². The minimum Gasteiger partial charge on any atom is -0.293 e. The molecule has 0 N–H and O–H groups in total. The standard InChI is InChI=1S/C13H15BrOS/c1-9-5-6-10(8-11(9)14)13(15)12-4-2-3-7-16-12/h5-6,8,12H,2-4,7H2,1H3. The second kappa shape index (κ2) is 5.37. The van der Waals surface area contributed by atoms with Gasteiger partial charge in [0.2, 0.25) is 0 Å². The van der Waals surface area contributed by atoms with E-state index in [4.69, 9.17) is 0 Å². The number of benzene rings is 1. The van der Waals surface area contributed by atoms with Crippen LogP contribution in [0.5, 0.6) is 0 Å². The molecule has 0 aromatic heterocycles. The number of hydrogen-bond donors (Lipinski definition) is 0. The summed E-state index contributed by atoms with van der Waals surface area (Å²) in [4.78, 5) is 12.2. The van der Waals surface area contributed by atoms with E-state index in [0.717, 1.165) is 22.2 Å². The monoisotopic (exact) mass is 298 g/mol. The number of aryl methyl sites for hydroxylation is 1. The van der Waals surface area contributed by atoms with E-state index >= 15 is 0 Å². The number of ketones is 1. The Bertz CT molecular complexity index is 397. The summed E-state index contributed by atoms with van der Waals surface area (Å²) >= 11 is 5.29. The van der Waals surface area contributed by atoms with Gasteiger partial charge in [-0.2, -0.15) is 11.8 Å². The highest BCUT2D eigenvalue weighted by Gasteiger charge is 2.23. The molecule has 1 nitrogen and oxygen atoms in total. The van der Waals surface area contributed by atoms with Crippen molar-refractivity contribution in [3.63, 3.8) is 0 Å². The minimum absolute atomic E-state index is 0.184. The third-order valence-electron chi connectivity index (χ3n) is 2.93. The topological polar surface area (TPSA) is 17.1 Å². The Morgan fingerprint density at radius 3 is 2.88 bits per heavy atom. The first-order valence-corrected chi connectivity index (χ1v) is 7.44. The number of hydrogen-bond acceptors (Lipinski definition) is 2. The predicted octanol–water partition coefficient (Wildman–Crippen LogP) is 4.23. The summed E-state index contributed by atoms with van der Waals surface area (Å²) in [6, 6.07) is 5.90. The van der Waals surface area contributed by atoms with Gasteiger partial charge in [0.25, 0.3) is 0 Å². The third kappa shape index (κ3) is 2.69. The second-order valence-corrected chi connectivity index (χ2v) is 6.35. The average molecular weight is 299 g/mol. The van der Waals surface area contributed by atoms with Gasteiger partial charge in [-0.15, -0.1) is 0 Å². The summed E-state index contributed by atoms with van der Waals surface area (Å²) in [7, 11) is 0. The van der Waals surface area contributed by atoms with E-state index in [-0.39, 0.29) is 5.25 Å². The molecule has 1 unspecified atom stereocenters. The molecular weight excluding hydrogens is 284 g/mol. The van der Waals surface area contributed by atoms with Gasteiger partial charge in [-0.25, -0.2) is 0 Å². The van der Waals surface area contributed by atoms with Crippen LogP contribution in [-0.4, -0.2) is 16.8 Å². The van der Waals surface area contributed by atoms with Crippen molar-refractivity contribution in [3.05, 3.63) is 33.8 Å². The van der Waals surface area contributed by atoms with Crippen molar-refractivity contribution in [2.45, 2.75) is 31.4 Å². The molecule has 0 radical (unpaired) electrons. The summed E-state index contributed by atoms with van der Waals surface area (Å²) in [6.45, 7) is 2.04. The van der Waals surface area contributed by atoms with Gasteiger partial charge in [0, 0.05) is 10.0 Å². The van der Waals surface area contributed by atoms with Gasteiger partial charge < -0.3 is 0 Å². The first-order valence-electron chi connectivity index (χ1n) is 5.60. The zero-order valence-electron chi connectivity index (χ0n) is 9.33. The van der Waals surface area contributed by atoms with Gasteiger partial charge in [0.15, 0.2) is 5.78 Å². The molecule has 86 valence electrons. The Morgan fingerprint density at radius 2 is 2.25 bits per heavy atom. The van der Waals surface area contributed by atoms with E-state index in [1.165, 1.54) is 18.4 Å². The molecule has 1 aromatic rings. The van der Waals surface area contributed by atoms with Crippen LogP contribution in [0.2, 0.25) is 0 Å². The lowest BCUT2D eigenvalue weighted by Gasteiger charge is -2.20. The van der Waals surface area contributed by atoms with Crippen LogP contribution in [0.4, 0.5) is 0 Å². The molecule has 0 aliphatic carbocycles. The van der Waals surface area contributed by atoms with Crippen LogP contribution < -0.4 is 0 Å². The van der Waals surface area contributed by atoms with Crippen LogP contribution >= 0.6 is 27.7 Å². The Hall–Kier alpha value is -0.280. The molecule has 3 heteroatoms. The van der Waals surface area contributed by atoms with Crippen LogP contribution in [0.3, 0.4) is 0 Å². The van der Waals surface area contributed by atoms with Crippen LogP contribution in [0, 0.1) is 6.92 Å². The van der Waals surface area contributed by atoms with Gasteiger partial charge in [0.1, 0.15) is 0 Å². The molecule has 1 saturated heterocycles. The summed E-state index contributed by atoms with van der Waals surface area (Å²) in [5.74, 6) is 1.43. The fourth-order valence-corrected chi connectivity index (χ4v) is 3.53. The molecule has 1 aliphatic rings. The molecule has 0 amide bonds. The van der Waals surface area contributed by atoms with Crippen molar-refractivity contribution in [2.75, 3.05) is 5.75 Å². The fourth-order valence-electron chi connectivity index (χ4n) is 1.88. The Balaban J connectivity index is 2.16. The zero-order valence-corrected chi connectivity index (χ0v) is 11.7. The SMILES string of the molecule is Cc1ccc(C(=O)C2CCCCS2)cc1Br. The maximum absolute atomic E-state index is 12.2. The molecule has 16 heavy (non-hydrogen) atoms. The van der Waals surface area contributed by atoms with Gasteiger partial charge in [-0.1, -0.05) is 34.5 Å². The maximum Gasteiger partial charge on any atom is 0.175 e. The number of halogens is 1. The molecular formula is C13H15BrOS. The number of Topliss-reactive ketones (excluding diaryl/α,β-unsaturated/α-hetero) is 1. The van der Waals surface area contributed by atoms with Crippen LogP contribution in [0.1, 0.15) is 35.2 Å². The van der Waals surface area contributed by atoms with Crippen molar-refractivity contribution in [1.82, 2.24) is 0 Å². The molecule has 0 saturated carbocycles. The lowest BCUT2D eigenvalue weighted by Crippen LogP contribution is -2.21. The first kappa shape index (κ1) is 12.2. The summed E-state index contributed by atoms with van der Waals surface area (Å²) in [5.41, 5.74) is 2.02. The minimum atomic E-state index is 0.184. The number of carbonyl (C=O) groups excluding carboxylic acids is 1. The lowest BCUT2D eigenvalue weighted by molar-refractivity contribution is 0.0985. The average Bonchev–Trinajstić information content (AvgIpc) is 2.33. The lowest BCUT2D eigenvalue weighted by atomic mass is 10.0. The van der Waals surface area contributed by atoms with Crippen molar-refractivity contribution >= 4 is 33.5 Å². The smallest absolute Gasteiger partial charge is 0.175 e. The van der Waals surface area contributed by atoms with Crippen molar-refractivity contribution in [2.24, 2.45) is 0 Å². The fraction of sp³-hybridized carbons (Fsp3) is 0.462. The first-order chi connectivity index (χ1) is 7.68. The maximum atomic E-state index is 12.2. The largest absolute Gasteiger partial charge is 0.293 e. The van der Waals surface area contributed by atoms with Crippen molar-refractivity contribution in [3.8, 4) is 0 Å². The second-order valence-electron chi connectivity index (χ2n) is 4.18. The quantitative estimate of drug-likeness (QED) is 0.760. The van der Waals surface area contributed by atoms with Gasteiger partial charge in [-0.05, 0) is 37.1 Å². The van der Waals surface area contributed by atoms with Crippen LogP contribution in [0.25, 0.3) is 0 Å². The molecule has 0 bridgehead atoms.